The van der Waals surface area contributed by atoms with Crippen LogP contribution in [0, 0.1) is 11.8 Å². The number of carbonyl (C=O) groups excluding carboxylic acids is 1. The summed E-state index contributed by atoms with van der Waals surface area (Å²) in [6, 6.07) is 7.54. The van der Waals surface area contributed by atoms with Crippen LogP contribution < -0.4 is 4.74 Å². The van der Waals surface area contributed by atoms with E-state index in [1.807, 2.05) is 51.1 Å². The number of methoxy groups -OCH3 is 1. The third-order valence-electron chi connectivity index (χ3n) is 5.89. The van der Waals surface area contributed by atoms with Gasteiger partial charge in [0.25, 0.3) is 0 Å². The maximum absolute atomic E-state index is 12.5. The van der Waals surface area contributed by atoms with Gasteiger partial charge in [0.1, 0.15) is 11.4 Å². The SMILES string of the molecule is C=C[C@H]1CN(C(=O)OC(C)(C)C)CC[C@H]1CCC(=NO)c1ccnc2ccc(OC)cc12. The Bertz CT molecular complexity index is 996. The molecule has 1 N–H and O–H groups in total. The maximum atomic E-state index is 12.5. The number of fused-ring (bicyclic) bond motifs is 1. The first-order valence-electron chi connectivity index (χ1n) is 11.0. The van der Waals surface area contributed by atoms with Crippen LogP contribution in [0.4, 0.5) is 4.79 Å². The van der Waals surface area contributed by atoms with Gasteiger partial charge in [0.2, 0.25) is 0 Å². The van der Waals surface area contributed by atoms with Crippen LogP contribution in [0.25, 0.3) is 10.9 Å². The average Bonchev–Trinajstić information content (AvgIpc) is 2.78. The normalized spacial score (nSPS) is 19.6. The highest BCUT2D eigenvalue weighted by Gasteiger charge is 2.32. The first-order valence-corrected chi connectivity index (χ1v) is 11.0. The monoisotopic (exact) mass is 439 g/mol. The van der Waals surface area contributed by atoms with Crippen molar-refractivity contribution in [1.29, 1.82) is 0 Å². The molecular weight excluding hydrogens is 406 g/mol. The number of amides is 1. The van der Waals surface area contributed by atoms with Gasteiger partial charge < -0.3 is 19.6 Å². The van der Waals surface area contributed by atoms with Gasteiger partial charge in [-0.15, -0.1) is 6.58 Å². The van der Waals surface area contributed by atoms with Gasteiger partial charge in [-0.2, -0.15) is 0 Å². The predicted octanol–water partition coefficient (Wildman–Crippen LogP) is 5.26. The number of carbonyl (C=O) groups is 1. The number of hydrogen-bond acceptors (Lipinski definition) is 6. The third kappa shape index (κ3) is 5.58. The number of rotatable bonds is 6. The number of aromatic nitrogens is 1. The number of pyridine rings is 1. The summed E-state index contributed by atoms with van der Waals surface area (Å²) in [5, 5.41) is 14.3. The molecule has 0 radical (unpaired) electrons. The van der Waals surface area contributed by atoms with Crippen molar-refractivity contribution in [3.05, 3.63) is 48.7 Å². The van der Waals surface area contributed by atoms with E-state index in [0.717, 1.165) is 35.1 Å². The fourth-order valence-electron chi connectivity index (χ4n) is 4.21. The molecule has 172 valence electrons. The molecule has 2 aromatic rings. The molecule has 0 bridgehead atoms. The van der Waals surface area contributed by atoms with Crippen molar-refractivity contribution in [2.45, 2.75) is 45.6 Å². The van der Waals surface area contributed by atoms with Crippen molar-refractivity contribution in [3.63, 3.8) is 0 Å². The highest BCUT2D eigenvalue weighted by Crippen LogP contribution is 2.31. The number of ether oxygens (including phenoxy) is 2. The topological polar surface area (TPSA) is 84.3 Å². The summed E-state index contributed by atoms with van der Waals surface area (Å²) in [6.07, 6.45) is 5.64. The second-order valence-corrected chi connectivity index (χ2v) is 9.20. The number of piperidine rings is 1. The van der Waals surface area contributed by atoms with E-state index >= 15 is 0 Å². The second-order valence-electron chi connectivity index (χ2n) is 9.20. The Balaban J connectivity index is 1.70. The minimum Gasteiger partial charge on any atom is -0.497 e. The molecule has 1 aliphatic heterocycles. The van der Waals surface area contributed by atoms with E-state index in [1.54, 1.807) is 18.2 Å². The Morgan fingerprint density at radius 3 is 2.81 bits per heavy atom. The molecule has 1 aromatic carbocycles. The van der Waals surface area contributed by atoms with Gasteiger partial charge in [0, 0.05) is 30.2 Å². The van der Waals surface area contributed by atoms with Crippen LogP contribution in [0.3, 0.4) is 0 Å². The molecule has 1 amide bonds. The largest absolute Gasteiger partial charge is 0.497 e. The van der Waals surface area contributed by atoms with Crippen LogP contribution >= 0.6 is 0 Å². The van der Waals surface area contributed by atoms with Crippen LogP contribution in [0.5, 0.6) is 5.75 Å². The van der Waals surface area contributed by atoms with Gasteiger partial charge in [-0.25, -0.2) is 4.79 Å². The number of likely N-dealkylation sites (tertiary alicyclic amines) is 1. The maximum Gasteiger partial charge on any atom is 0.410 e. The first kappa shape index (κ1) is 23.6. The predicted molar refractivity (Wildman–Crippen MR) is 125 cm³/mol. The zero-order valence-electron chi connectivity index (χ0n) is 19.4. The highest BCUT2D eigenvalue weighted by atomic mass is 16.6. The van der Waals surface area contributed by atoms with Gasteiger partial charge in [-0.1, -0.05) is 11.2 Å². The molecule has 0 aliphatic carbocycles. The molecule has 1 aromatic heterocycles. The smallest absolute Gasteiger partial charge is 0.410 e. The minimum atomic E-state index is -0.514. The van der Waals surface area contributed by atoms with Crippen molar-refractivity contribution in [2.75, 3.05) is 20.2 Å². The molecule has 0 saturated carbocycles. The molecule has 2 atom stereocenters. The lowest BCUT2D eigenvalue weighted by atomic mass is 9.81. The summed E-state index contributed by atoms with van der Waals surface area (Å²) < 4.78 is 10.9. The Hall–Kier alpha value is -3.09. The van der Waals surface area contributed by atoms with Crippen LogP contribution in [-0.4, -0.2) is 52.7 Å². The summed E-state index contributed by atoms with van der Waals surface area (Å²) in [4.78, 5) is 18.6. The van der Waals surface area contributed by atoms with E-state index in [-0.39, 0.29) is 12.0 Å². The third-order valence-corrected chi connectivity index (χ3v) is 5.89. The standard InChI is InChI=1S/C25H33N3O4/c1-6-17-16-28(24(29)32-25(2,3)4)14-12-18(17)7-9-23(27-30)20-11-13-26-22-10-8-19(31-5)15-21(20)22/h6,8,10-11,13,15,17-18,30H,1,7,9,12,14,16H2,2-5H3/t17-,18+/m0/s1. The van der Waals surface area contributed by atoms with E-state index < -0.39 is 5.60 Å². The fourth-order valence-corrected chi connectivity index (χ4v) is 4.21. The molecule has 7 nitrogen and oxygen atoms in total. The molecular formula is C25H33N3O4. The molecule has 3 rings (SSSR count). The number of hydrogen-bond donors (Lipinski definition) is 1. The summed E-state index contributed by atoms with van der Waals surface area (Å²) in [5.74, 6) is 1.22. The number of benzene rings is 1. The van der Waals surface area contributed by atoms with E-state index in [0.29, 0.717) is 31.1 Å². The van der Waals surface area contributed by atoms with Gasteiger partial charge >= 0.3 is 6.09 Å². The van der Waals surface area contributed by atoms with E-state index in [9.17, 15) is 10.0 Å². The van der Waals surface area contributed by atoms with Crippen molar-refractivity contribution >= 4 is 22.7 Å². The van der Waals surface area contributed by atoms with Crippen LogP contribution in [-0.2, 0) is 4.74 Å². The van der Waals surface area contributed by atoms with Gasteiger partial charge in [-0.3, -0.25) is 4.98 Å². The Labute approximate surface area is 189 Å². The van der Waals surface area contributed by atoms with Gasteiger partial charge in [0.05, 0.1) is 18.3 Å². The van der Waals surface area contributed by atoms with Gasteiger partial charge in [-0.05, 0) is 76.1 Å². The van der Waals surface area contributed by atoms with Crippen molar-refractivity contribution in [2.24, 2.45) is 17.0 Å². The van der Waals surface area contributed by atoms with E-state index in [1.165, 1.54) is 0 Å². The lowest BCUT2D eigenvalue weighted by Crippen LogP contribution is -2.45. The lowest BCUT2D eigenvalue weighted by molar-refractivity contribution is 0.0134. The summed E-state index contributed by atoms with van der Waals surface area (Å²) in [7, 11) is 1.62. The van der Waals surface area contributed by atoms with Crippen molar-refractivity contribution < 1.29 is 19.5 Å². The molecule has 1 fully saturated rings. The Morgan fingerprint density at radius 1 is 1.38 bits per heavy atom. The Morgan fingerprint density at radius 2 is 2.16 bits per heavy atom. The zero-order chi connectivity index (χ0) is 23.3. The van der Waals surface area contributed by atoms with Crippen molar-refractivity contribution in [3.8, 4) is 5.75 Å². The molecule has 7 heteroatoms. The minimum absolute atomic E-state index is 0.158. The summed E-state index contributed by atoms with van der Waals surface area (Å²) in [6.45, 7) is 10.8. The van der Waals surface area contributed by atoms with E-state index in [2.05, 4.69) is 16.7 Å². The van der Waals surface area contributed by atoms with Crippen LogP contribution in [0.1, 0.15) is 45.6 Å². The quantitative estimate of drug-likeness (QED) is 0.287. The first-order chi connectivity index (χ1) is 15.3. The molecule has 1 saturated heterocycles. The number of oxime groups is 1. The average molecular weight is 440 g/mol. The van der Waals surface area contributed by atoms with E-state index in [4.69, 9.17) is 9.47 Å². The molecule has 0 spiro atoms. The molecule has 32 heavy (non-hydrogen) atoms. The highest BCUT2D eigenvalue weighted by molar-refractivity contribution is 6.10. The fraction of sp³-hybridized carbons (Fsp3) is 0.480. The number of nitrogens with zero attached hydrogens (tertiary/aromatic N) is 3. The summed E-state index contributed by atoms with van der Waals surface area (Å²) >= 11 is 0. The molecule has 0 unspecified atom stereocenters. The van der Waals surface area contributed by atoms with Crippen LogP contribution in [0.2, 0.25) is 0 Å². The van der Waals surface area contributed by atoms with Crippen molar-refractivity contribution in [1.82, 2.24) is 9.88 Å². The zero-order valence-corrected chi connectivity index (χ0v) is 19.4. The molecule has 1 aliphatic rings. The van der Waals surface area contributed by atoms with Gasteiger partial charge in [0.15, 0.2) is 0 Å². The summed E-state index contributed by atoms with van der Waals surface area (Å²) in [5.41, 5.74) is 1.76. The Kier molecular flexibility index (Phi) is 7.38. The second kappa shape index (κ2) is 10.0. The molecule has 2 heterocycles. The van der Waals surface area contributed by atoms with Crippen LogP contribution in [0.15, 0.2) is 48.3 Å². The lowest BCUT2D eigenvalue weighted by Gasteiger charge is -2.38.